The number of hydrogen-bond acceptors (Lipinski definition) is 5. The van der Waals surface area contributed by atoms with Crippen molar-refractivity contribution in [3.05, 3.63) is 40.7 Å². The van der Waals surface area contributed by atoms with Crippen molar-refractivity contribution >= 4 is 5.91 Å². The van der Waals surface area contributed by atoms with Crippen molar-refractivity contribution in [3.63, 3.8) is 0 Å². The number of fused-ring (bicyclic) bond motifs is 1. The monoisotopic (exact) mass is 399 g/mol. The maximum absolute atomic E-state index is 13.2. The maximum Gasteiger partial charge on any atom is 0.435 e. The molecule has 2 heterocycles. The minimum absolute atomic E-state index is 0.0712. The first kappa shape index (κ1) is 20.0. The molecule has 1 N–H and O–H groups in total. The van der Waals surface area contributed by atoms with Crippen molar-refractivity contribution in [2.45, 2.75) is 25.7 Å². The molecule has 1 aromatic carbocycles. The summed E-state index contributed by atoms with van der Waals surface area (Å²) in [6.07, 6.45) is -4.20. The third kappa shape index (κ3) is 4.06. The van der Waals surface area contributed by atoms with Gasteiger partial charge in [-0.05, 0) is 12.1 Å². The molecular weight excluding hydrogens is 379 g/mol. The standard InChI is InChI=1S/C18H20F3N3O4/c1-26-11-3-4-12(15(9-11)27-2)17(25)22-6-7-24-14-5-8-28-10-13(14)16(23-24)18(19,20)21/h3-4,9H,5-8,10H2,1-2H3,(H,22,25). The summed E-state index contributed by atoms with van der Waals surface area (Å²) < 4.78 is 56.3. The molecule has 0 bridgehead atoms. The zero-order chi connectivity index (χ0) is 20.3. The quantitative estimate of drug-likeness (QED) is 0.808. The van der Waals surface area contributed by atoms with Gasteiger partial charge in [0.15, 0.2) is 5.69 Å². The van der Waals surface area contributed by atoms with Gasteiger partial charge in [0.2, 0.25) is 0 Å². The van der Waals surface area contributed by atoms with Crippen LogP contribution in [0.15, 0.2) is 18.2 Å². The number of methoxy groups -OCH3 is 2. The molecule has 10 heteroatoms. The van der Waals surface area contributed by atoms with Crippen molar-refractivity contribution < 1.29 is 32.2 Å². The second-order valence-corrected chi connectivity index (χ2v) is 6.12. The summed E-state index contributed by atoms with van der Waals surface area (Å²) in [4.78, 5) is 12.4. The Morgan fingerprint density at radius 2 is 2.11 bits per heavy atom. The van der Waals surface area contributed by atoms with Gasteiger partial charge < -0.3 is 19.5 Å². The number of nitrogens with one attached hydrogen (secondary N) is 1. The Hall–Kier alpha value is -2.75. The lowest BCUT2D eigenvalue weighted by molar-refractivity contribution is -0.142. The SMILES string of the molecule is COc1ccc(C(=O)NCCn2nc(C(F)(F)F)c3c2CCOC3)c(OC)c1. The van der Waals surface area contributed by atoms with E-state index in [0.29, 0.717) is 35.8 Å². The number of carbonyl (C=O) groups is 1. The van der Waals surface area contributed by atoms with Gasteiger partial charge in [0.25, 0.3) is 5.91 Å². The number of rotatable bonds is 6. The Balaban J connectivity index is 1.70. The van der Waals surface area contributed by atoms with E-state index in [0.717, 1.165) is 0 Å². The Bertz CT molecular complexity index is 864. The van der Waals surface area contributed by atoms with E-state index in [1.54, 1.807) is 18.2 Å². The van der Waals surface area contributed by atoms with Crippen LogP contribution in [0.1, 0.15) is 27.3 Å². The van der Waals surface area contributed by atoms with E-state index in [1.807, 2.05) is 0 Å². The minimum Gasteiger partial charge on any atom is -0.497 e. The molecule has 0 fully saturated rings. The van der Waals surface area contributed by atoms with Crippen LogP contribution >= 0.6 is 0 Å². The van der Waals surface area contributed by atoms with Gasteiger partial charge in [0, 0.05) is 30.3 Å². The summed E-state index contributed by atoms with van der Waals surface area (Å²) in [5, 5.41) is 6.39. The van der Waals surface area contributed by atoms with Crippen LogP contribution in [0.2, 0.25) is 0 Å². The Morgan fingerprint density at radius 3 is 2.79 bits per heavy atom. The van der Waals surface area contributed by atoms with Gasteiger partial charge in [-0.2, -0.15) is 18.3 Å². The van der Waals surface area contributed by atoms with Crippen molar-refractivity contribution in [3.8, 4) is 11.5 Å². The molecule has 1 aliphatic rings. The van der Waals surface area contributed by atoms with Gasteiger partial charge in [0.05, 0.1) is 39.5 Å². The lowest BCUT2D eigenvalue weighted by Gasteiger charge is -2.16. The molecule has 7 nitrogen and oxygen atoms in total. The molecule has 1 amide bonds. The van der Waals surface area contributed by atoms with Gasteiger partial charge >= 0.3 is 6.18 Å². The van der Waals surface area contributed by atoms with E-state index in [4.69, 9.17) is 14.2 Å². The molecule has 1 aliphatic heterocycles. The highest BCUT2D eigenvalue weighted by Gasteiger charge is 2.39. The van der Waals surface area contributed by atoms with Crippen LogP contribution in [0.25, 0.3) is 0 Å². The van der Waals surface area contributed by atoms with Crippen LogP contribution < -0.4 is 14.8 Å². The molecule has 0 saturated carbocycles. The molecule has 0 aliphatic carbocycles. The average molecular weight is 399 g/mol. The average Bonchev–Trinajstić information content (AvgIpc) is 3.06. The highest BCUT2D eigenvalue weighted by Crippen LogP contribution is 2.34. The van der Waals surface area contributed by atoms with Crippen LogP contribution in [0.5, 0.6) is 11.5 Å². The van der Waals surface area contributed by atoms with Gasteiger partial charge in [-0.15, -0.1) is 0 Å². The van der Waals surface area contributed by atoms with Crippen molar-refractivity contribution in [2.75, 3.05) is 27.4 Å². The van der Waals surface area contributed by atoms with E-state index in [9.17, 15) is 18.0 Å². The van der Waals surface area contributed by atoms with E-state index in [2.05, 4.69) is 10.4 Å². The van der Waals surface area contributed by atoms with Crippen LogP contribution in [-0.4, -0.2) is 43.1 Å². The molecule has 1 aromatic heterocycles. The lowest BCUT2D eigenvalue weighted by atomic mass is 10.1. The van der Waals surface area contributed by atoms with E-state index < -0.39 is 17.8 Å². The second kappa shape index (κ2) is 8.09. The summed E-state index contributed by atoms with van der Waals surface area (Å²) in [5.41, 5.74) is -0.0581. The largest absolute Gasteiger partial charge is 0.497 e. The summed E-state index contributed by atoms with van der Waals surface area (Å²) >= 11 is 0. The number of hydrogen-bond donors (Lipinski definition) is 1. The van der Waals surface area contributed by atoms with Crippen molar-refractivity contribution in [1.82, 2.24) is 15.1 Å². The minimum atomic E-state index is -4.55. The smallest absolute Gasteiger partial charge is 0.435 e. The number of ether oxygens (including phenoxy) is 3. The Labute approximate surface area is 159 Å². The van der Waals surface area contributed by atoms with Crippen LogP contribution in [0.3, 0.4) is 0 Å². The topological polar surface area (TPSA) is 74.6 Å². The lowest BCUT2D eigenvalue weighted by Crippen LogP contribution is -2.28. The molecule has 28 heavy (non-hydrogen) atoms. The summed E-state index contributed by atoms with van der Waals surface area (Å²) in [6.45, 7) is 0.452. The maximum atomic E-state index is 13.2. The fourth-order valence-corrected chi connectivity index (χ4v) is 3.08. The van der Waals surface area contributed by atoms with Gasteiger partial charge in [0.1, 0.15) is 11.5 Å². The first-order chi connectivity index (χ1) is 13.3. The zero-order valence-corrected chi connectivity index (χ0v) is 15.4. The van der Waals surface area contributed by atoms with E-state index >= 15 is 0 Å². The molecule has 0 radical (unpaired) electrons. The van der Waals surface area contributed by atoms with Crippen LogP contribution in [-0.2, 0) is 30.5 Å². The van der Waals surface area contributed by atoms with E-state index in [1.165, 1.54) is 18.9 Å². The number of alkyl halides is 3. The second-order valence-electron chi connectivity index (χ2n) is 6.12. The molecular formula is C18H20F3N3O4. The van der Waals surface area contributed by atoms with Crippen molar-refractivity contribution in [2.24, 2.45) is 0 Å². The molecule has 0 unspecified atom stereocenters. The highest BCUT2D eigenvalue weighted by molar-refractivity contribution is 5.97. The first-order valence-electron chi connectivity index (χ1n) is 8.59. The third-order valence-electron chi connectivity index (χ3n) is 4.43. The molecule has 0 spiro atoms. The molecule has 0 saturated heterocycles. The number of carbonyl (C=O) groups excluding carboxylic acids is 1. The third-order valence-corrected chi connectivity index (χ3v) is 4.43. The number of aromatic nitrogens is 2. The summed E-state index contributed by atoms with van der Waals surface area (Å²) in [6, 6.07) is 4.76. The van der Waals surface area contributed by atoms with Gasteiger partial charge in [-0.1, -0.05) is 0 Å². The Kier molecular flexibility index (Phi) is 5.78. The number of nitrogens with zero attached hydrogens (tertiary/aromatic N) is 2. The van der Waals surface area contributed by atoms with Crippen LogP contribution in [0, 0.1) is 0 Å². The molecule has 2 aromatic rings. The van der Waals surface area contributed by atoms with Crippen molar-refractivity contribution in [1.29, 1.82) is 0 Å². The molecule has 152 valence electrons. The first-order valence-corrected chi connectivity index (χ1v) is 8.59. The predicted molar refractivity (Wildman–Crippen MR) is 92.5 cm³/mol. The summed E-state index contributed by atoms with van der Waals surface area (Å²) in [7, 11) is 2.93. The fraction of sp³-hybridized carbons (Fsp3) is 0.444. The summed E-state index contributed by atoms with van der Waals surface area (Å²) in [5.74, 6) is 0.475. The number of amides is 1. The van der Waals surface area contributed by atoms with Gasteiger partial charge in [-0.25, -0.2) is 0 Å². The van der Waals surface area contributed by atoms with Crippen LogP contribution in [0.4, 0.5) is 13.2 Å². The number of halogens is 3. The van der Waals surface area contributed by atoms with Gasteiger partial charge in [-0.3, -0.25) is 9.48 Å². The highest BCUT2D eigenvalue weighted by atomic mass is 19.4. The normalized spacial score (nSPS) is 13.8. The molecule has 3 rings (SSSR count). The molecule has 0 atom stereocenters. The fourth-order valence-electron chi connectivity index (χ4n) is 3.08. The Morgan fingerprint density at radius 1 is 1.32 bits per heavy atom. The zero-order valence-electron chi connectivity index (χ0n) is 15.4. The van der Waals surface area contributed by atoms with E-state index in [-0.39, 0.29) is 25.3 Å². The predicted octanol–water partition coefficient (Wildman–Crippen LogP) is 2.42. The number of benzene rings is 1.